The van der Waals surface area contributed by atoms with Crippen molar-refractivity contribution < 1.29 is 36.6 Å². The van der Waals surface area contributed by atoms with E-state index in [1.54, 1.807) is 0 Å². The highest BCUT2D eigenvalue weighted by atomic mass is 32.2. The van der Waals surface area contributed by atoms with E-state index in [1.165, 1.54) is 0 Å². The van der Waals surface area contributed by atoms with Gasteiger partial charge >= 0.3 is 6.18 Å². The molecule has 0 aliphatic carbocycles. The van der Waals surface area contributed by atoms with E-state index in [4.69, 9.17) is 5.26 Å². The molecule has 0 saturated carbocycles. The second kappa shape index (κ2) is 8.97. The molecule has 0 aliphatic heterocycles. The highest BCUT2D eigenvalue weighted by Crippen LogP contribution is 2.13. The van der Waals surface area contributed by atoms with Crippen molar-refractivity contribution in [3.63, 3.8) is 0 Å². The van der Waals surface area contributed by atoms with E-state index in [0.717, 1.165) is 0 Å². The lowest BCUT2D eigenvalue weighted by molar-refractivity contribution is -0.777. The van der Waals surface area contributed by atoms with Crippen molar-refractivity contribution in [2.75, 3.05) is 12.7 Å². The first-order valence-corrected chi connectivity index (χ1v) is 3.15. The van der Waals surface area contributed by atoms with Crippen molar-refractivity contribution in [2.45, 2.75) is 6.18 Å². The third-order valence-corrected chi connectivity index (χ3v) is 0.513. The molecule has 9 heteroatoms. The molecule has 0 unspecified atom stereocenters. The van der Waals surface area contributed by atoms with E-state index in [-0.39, 0.29) is 0 Å². The van der Waals surface area contributed by atoms with Crippen LogP contribution in [-0.4, -0.2) is 18.9 Å². The molecule has 0 N–H and O–H groups in total. The van der Waals surface area contributed by atoms with Gasteiger partial charge in [-0.3, -0.25) is 5.04 Å². The van der Waals surface area contributed by atoms with Crippen LogP contribution in [0.1, 0.15) is 0 Å². The van der Waals surface area contributed by atoms with E-state index in [0.29, 0.717) is 12.0 Å². The molecule has 0 fully saturated rings. The van der Waals surface area contributed by atoms with Crippen LogP contribution in [0.15, 0.2) is 0 Å². The predicted molar refractivity (Wildman–Crippen MR) is 27.8 cm³/mol. The minimum Gasteiger partial charge on any atom is -0.691 e. The molecule has 0 aliphatic rings. The third kappa shape index (κ3) is 22.5. The first-order chi connectivity index (χ1) is 5.47. The van der Waals surface area contributed by atoms with E-state index in [2.05, 4.69) is 9.37 Å². The summed E-state index contributed by atoms with van der Waals surface area (Å²) in [5, 5.41) is 11.5. The molecule has 0 atom stereocenters. The van der Waals surface area contributed by atoms with E-state index < -0.39 is 18.9 Å². The molecule has 0 spiro atoms. The van der Waals surface area contributed by atoms with Gasteiger partial charge in [0.25, 0.3) is 0 Å². The van der Waals surface area contributed by atoms with Gasteiger partial charge in [0.15, 0.2) is 12.7 Å². The number of hydrogen-bond acceptors (Lipinski definition) is 4. The second-order valence-electron chi connectivity index (χ2n) is 1.11. The van der Waals surface area contributed by atoms with Gasteiger partial charge in [-0.1, -0.05) is 0 Å². The van der Waals surface area contributed by atoms with Gasteiger partial charge in [0, 0.05) is 0 Å². The quantitative estimate of drug-likeness (QED) is 0.234. The first-order valence-electron chi connectivity index (χ1n) is 2.24. The van der Waals surface area contributed by atoms with Crippen molar-refractivity contribution in [3.8, 4) is 0 Å². The first kappa shape index (κ1) is 14.4. The Morgan fingerprint density at radius 1 is 1.25 bits per heavy atom. The van der Waals surface area contributed by atoms with Gasteiger partial charge in [-0.05, 0) is 0 Å². The highest BCUT2D eigenvalue weighted by molar-refractivity contribution is 7.94. The fourth-order valence-electron chi connectivity index (χ4n) is 0.0378. The molecular weight excluding hydrogens is 211 g/mol. The van der Waals surface area contributed by atoms with Crippen LogP contribution in [-0.2, 0) is 9.37 Å². The summed E-state index contributed by atoms with van der Waals surface area (Å²) in [4.78, 5) is 0. The molecule has 0 amide bonds. The Hall–Kier alpha value is -0.120. The predicted octanol–water partition coefficient (Wildman–Crippen LogP) is 1.30. The number of halogens is 5. The molecule has 0 heterocycles. The number of alkyl halides is 5. The zero-order valence-corrected chi connectivity index (χ0v) is 6.25. The molecule has 0 saturated heterocycles. The van der Waals surface area contributed by atoms with Crippen molar-refractivity contribution >= 4 is 12.0 Å². The molecule has 0 bridgehead atoms. The van der Waals surface area contributed by atoms with Crippen molar-refractivity contribution in [3.05, 3.63) is 0 Å². The van der Waals surface area contributed by atoms with Crippen LogP contribution < -0.4 is 5.26 Å². The Balaban J connectivity index is 0. The van der Waals surface area contributed by atoms with Gasteiger partial charge in [-0.2, -0.15) is 17.5 Å². The van der Waals surface area contributed by atoms with Gasteiger partial charge in [0.1, 0.15) is 0 Å². The Morgan fingerprint density at radius 3 is 1.75 bits per heavy atom. The monoisotopic (exact) mass is 215 g/mol. The molecule has 76 valence electrons. The zero-order valence-electron chi connectivity index (χ0n) is 5.44. The summed E-state index contributed by atoms with van der Waals surface area (Å²) in [6.07, 6.45) is -4.62. The van der Waals surface area contributed by atoms with Crippen molar-refractivity contribution in [1.29, 1.82) is 0 Å². The maximum atomic E-state index is 10.8. The molecule has 0 aromatic heterocycles. The fourth-order valence-corrected chi connectivity index (χ4v) is 0.113. The number of hydrogen-bond donors (Lipinski definition) is 0. The summed E-state index contributed by atoms with van der Waals surface area (Å²) in [7, 11) is 0. The molecule has 3 nitrogen and oxygen atoms in total. The van der Waals surface area contributed by atoms with Crippen LogP contribution in [0.4, 0.5) is 22.0 Å². The van der Waals surface area contributed by atoms with Crippen LogP contribution in [0.5, 0.6) is 0 Å². The Labute approximate surface area is 68.5 Å². The molecule has 0 aromatic rings. The van der Waals surface area contributed by atoms with Gasteiger partial charge in [-0.25, -0.2) is 8.78 Å². The highest BCUT2D eigenvalue weighted by Gasteiger charge is 2.26. The summed E-state index contributed by atoms with van der Waals surface area (Å²) in [6.45, 7) is -2.23. The van der Waals surface area contributed by atoms with Crippen LogP contribution in [0.2, 0.25) is 0 Å². The molecule has 0 rings (SSSR count). The molecule has 12 heavy (non-hydrogen) atoms. The maximum absolute atomic E-state index is 10.8. The standard InChI is InChI=1S/C2H2F4.CH3FO3S/c3-1-2(4,5)6;2-1-6-5-4-3/h1H2;3H,1H2/p-1. The maximum Gasteiger partial charge on any atom is 0.416 e. The average molecular weight is 215 g/mol. The van der Waals surface area contributed by atoms with Gasteiger partial charge in [0.2, 0.25) is 0 Å². The average Bonchev–Trinajstić information content (AvgIpc) is 2.01. The van der Waals surface area contributed by atoms with Crippen LogP contribution in [0, 0.1) is 0 Å². The smallest absolute Gasteiger partial charge is 0.416 e. The summed E-state index contributed by atoms with van der Waals surface area (Å²) >= 11 is 0.307. The van der Waals surface area contributed by atoms with Crippen LogP contribution in [0.3, 0.4) is 0 Å². The lowest BCUT2D eigenvalue weighted by Crippen LogP contribution is -2.08. The van der Waals surface area contributed by atoms with Crippen molar-refractivity contribution in [1.82, 2.24) is 0 Å². The van der Waals surface area contributed by atoms with Gasteiger partial charge in [-0.15, -0.1) is 0 Å². The third-order valence-electron chi connectivity index (χ3n) is 0.272. The number of rotatable bonds is 3. The van der Waals surface area contributed by atoms with Crippen LogP contribution >= 0.6 is 12.0 Å². The van der Waals surface area contributed by atoms with Gasteiger partial charge < -0.3 is 5.26 Å². The normalized spacial score (nSPS) is 10.5. The molecular formula is C3H4F5O3S-. The summed E-state index contributed by atoms with van der Waals surface area (Å²) in [6, 6.07) is -0.776. The Morgan fingerprint density at radius 2 is 1.67 bits per heavy atom. The zero-order chi connectivity index (χ0) is 10.0. The van der Waals surface area contributed by atoms with Gasteiger partial charge in [0.05, 0.1) is 12.0 Å². The summed E-state index contributed by atoms with van der Waals surface area (Å²) in [5.74, 6) is 0. The fraction of sp³-hybridized carbons (Fsp3) is 1.00. The van der Waals surface area contributed by atoms with Crippen molar-refractivity contribution in [2.24, 2.45) is 0 Å². The largest absolute Gasteiger partial charge is 0.691 e. The lowest BCUT2D eigenvalue weighted by atomic mass is 10.8. The lowest BCUT2D eigenvalue weighted by Gasteiger charge is -1.98. The molecule has 0 aromatic carbocycles. The minimum absolute atomic E-state index is 0.307. The summed E-state index contributed by atoms with van der Waals surface area (Å²) < 4.78 is 55.9. The van der Waals surface area contributed by atoms with E-state index in [9.17, 15) is 22.0 Å². The minimum atomic E-state index is -4.62. The SMILES string of the molecule is FCC(F)(F)F.[O-]OOSCF. The van der Waals surface area contributed by atoms with E-state index >= 15 is 0 Å². The summed E-state index contributed by atoms with van der Waals surface area (Å²) in [5.41, 5.74) is 0. The molecule has 0 radical (unpaired) electrons. The van der Waals surface area contributed by atoms with Crippen LogP contribution in [0.25, 0.3) is 0 Å². The Kier molecular flexibility index (Phi) is 10.8. The Bertz CT molecular complexity index is 84.5. The van der Waals surface area contributed by atoms with E-state index in [1.807, 2.05) is 0 Å². The second-order valence-corrected chi connectivity index (χ2v) is 1.70. The topological polar surface area (TPSA) is 41.5 Å².